The van der Waals surface area contributed by atoms with Crippen LogP contribution in [0.2, 0.25) is 20.1 Å². The molecular weight excluding hydrogens is 854 g/mol. The minimum atomic E-state index is -0.771. The summed E-state index contributed by atoms with van der Waals surface area (Å²) in [6.07, 6.45) is 2.98. The van der Waals surface area contributed by atoms with Crippen molar-refractivity contribution in [2.75, 3.05) is 11.5 Å². The number of nitrogens with two attached hydrogens (primary N) is 2. The Hall–Kier alpha value is -3.05. The summed E-state index contributed by atoms with van der Waals surface area (Å²) in [6.45, 7) is 0. The van der Waals surface area contributed by atoms with E-state index in [2.05, 4.69) is 18.3 Å². The standard InChI is InChI=1S/C11H7Cl2N3O3.C6H2Cl2FNO2.C5H6N2O.BH.U/c12-10-7(16(17)18)1-2-8(11(10)13)19-6-3-4-15-9(14)5-6;7-5-3(9)1-2-4(6(5)8)10(11)12;6-5-3-4(8)1-2-7-5;;/h1-5H,(H2,14,15);1-2H;1-3H,(H3,6,7,8);1H;/i;;;1D;. The van der Waals surface area contributed by atoms with Crippen molar-refractivity contribution in [3.63, 3.8) is 0 Å². The zero-order valence-electron chi connectivity index (χ0n) is 21.2. The molecule has 2 aromatic heterocycles. The third-order valence-corrected chi connectivity index (χ3v) is 5.91. The molecule has 2 radical (unpaired) electrons. The molecule has 0 aliphatic carbocycles. The molecule has 0 spiro atoms. The van der Waals surface area contributed by atoms with Crippen molar-refractivity contribution >= 4 is 77.8 Å². The maximum absolute atomic E-state index is 12.6. The van der Waals surface area contributed by atoms with Crippen LogP contribution in [0.1, 0.15) is 0 Å². The van der Waals surface area contributed by atoms with E-state index in [4.69, 9.17) is 63.9 Å². The van der Waals surface area contributed by atoms with Crippen LogP contribution in [0.4, 0.5) is 27.4 Å². The van der Waals surface area contributed by atoms with Gasteiger partial charge < -0.3 is 21.2 Å². The molecule has 0 saturated heterocycles. The van der Waals surface area contributed by atoms with Crippen molar-refractivity contribution in [1.82, 2.24) is 9.97 Å². The molecule has 0 bridgehead atoms. The molecule has 0 amide bonds. The van der Waals surface area contributed by atoms with Crippen LogP contribution in [-0.2, 0) is 0 Å². The number of pyridine rings is 2. The van der Waals surface area contributed by atoms with Gasteiger partial charge in [-0.05, 0) is 19.5 Å². The van der Waals surface area contributed by atoms with Gasteiger partial charge in [0.05, 0.1) is 9.85 Å². The second-order valence-electron chi connectivity index (χ2n) is 6.92. The van der Waals surface area contributed by atoms with E-state index < -0.39 is 26.4 Å². The fourth-order valence-electron chi connectivity index (χ4n) is 2.48. The topological polar surface area (TPSA) is 193 Å². The fourth-order valence-corrected chi connectivity index (χ4v) is 3.29. The number of benzene rings is 2. The first kappa shape index (κ1) is 36.0. The van der Waals surface area contributed by atoms with Gasteiger partial charge >= 0.3 is 0 Å². The van der Waals surface area contributed by atoms with Crippen LogP contribution >= 0.6 is 46.4 Å². The van der Waals surface area contributed by atoms with Gasteiger partial charge in [0.1, 0.15) is 49.0 Å². The normalized spacial score (nSPS) is 9.54. The first-order valence-electron chi connectivity index (χ1n) is 10.6. The average Bonchev–Trinajstić information content (AvgIpc) is 2.91. The third-order valence-electron chi connectivity index (χ3n) is 4.21. The Bertz CT molecular complexity index is 1590. The number of aromatic amines is 1. The molecule has 2 aromatic carbocycles. The summed E-state index contributed by atoms with van der Waals surface area (Å²) < 4.78 is 23.3. The number of nitrogens with one attached hydrogen (secondary N) is 1. The molecule has 0 fully saturated rings. The van der Waals surface area contributed by atoms with E-state index in [0.29, 0.717) is 11.6 Å². The fraction of sp³-hybridized carbons (Fsp3) is 0. The Morgan fingerprint density at radius 1 is 0.902 bits per heavy atom. The molecular formula is C22H16BCl4FN6O6U. The molecule has 5 N–H and O–H groups in total. The van der Waals surface area contributed by atoms with Crippen LogP contribution < -0.4 is 21.6 Å². The van der Waals surface area contributed by atoms with Gasteiger partial charge in [0.25, 0.3) is 11.4 Å². The molecule has 41 heavy (non-hydrogen) atoms. The molecule has 12 nitrogen and oxygen atoms in total. The molecule has 2 heterocycles. The Balaban J connectivity index is 0.000000627. The number of nitrogens with zero attached hydrogens (tertiary/aromatic N) is 3. The number of nitro benzene ring substituents is 2. The Morgan fingerprint density at radius 3 is 1.95 bits per heavy atom. The molecule has 19 heteroatoms. The van der Waals surface area contributed by atoms with Crippen molar-refractivity contribution in [2.45, 2.75) is 0 Å². The Morgan fingerprint density at radius 2 is 1.46 bits per heavy atom. The van der Waals surface area contributed by atoms with Crippen molar-refractivity contribution in [3.05, 3.63) is 117 Å². The summed E-state index contributed by atoms with van der Waals surface area (Å²) in [5.74, 6) is 0.508. The molecule has 0 saturated carbocycles. The minimum absolute atomic E-state index is 0. The average molecular weight is 871 g/mol. The number of aromatic nitrogens is 2. The zero-order chi connectivity index (χ0) is 31.3. The Kier molecular flexibility index (Phi) is 15.5. The van der Waals surface area contributed by atoms with Crippen LogP contribution in [0.25, 0.3) is 0 Å². The second kappa shape index (κ2) is 17.7. The molecule has 4 rings (SSSR count). The van der Waals surface area contributed by atoms with Gasteiger partial charge in [-0.2, -0.15) is 0 Å². The number of hydrogen-bond acceptors (Lipinski definition) is 9. The van der Waals surface area contributed by atoms with Crippen LogP contribution in [-0.4, -0.2) is 29.5 Å². The van der Waals surface area contributed by atoms with Gasteiger partial charge in [-0.25, -0.2) is 9.37 Å². The Labute approximate surface area is 277 Å². The second-order valence-corrected chi connectivity index (χ2v) is 8.43. The van der Waals surface area contributed by atoms with E-state index in [0.717, 1.165) is 12.1 Å². The zero-order valence-corrected chi connectivity index (χ0v) is 27.4. The minimum Gasteiger partial charge on any atom is -0.456 e. The van der Waals surface area contributed by atoms with Gasteiger partial charge in [0.2, 0.25) is 0 Å². The van der Waals surface area contributed by atoms with Crippen molar-refractivity contribution < 1.29 is 50.1 Å². The SMILES string of the molecule is Nc1cc(=O)cc[nH]1.Nc1cc(Oc2ccc([N+](=O)[O-])c(Cl)c2Cl)ccn1.O=[N+]([O-])c1ccc(F)c(Cl)c1Cl.[2H][B].[U]. The van der Waals surface area contributed by atoms with Crippen molar-refractivity contribution in [3.8, 4) is 11.5 Å². The van der Waals surface area contributed by atoms with Crippen molar-refractivity contribution in [2.24, 2.45) is 0 Å². The van der Waals surface area contributed by atoms with E-state index in [1.54, 1.807) is 6.07 Å². The van der Waals surface area contributed by atoms with Gasteiger partial charge in [0, 0.05) is 82.2 Å². The summed E-state index contributed by atoms with van der Waals surface area (Å²) >= 11 is 22.4. The smallest absolute Gasteiger partial charge is 0.289 e. The number of nitrogen functional groups attached to an aromatic ring is 2. The number of anilines is 2. The van der Waals surface area contributed by atoms with Gasteiger partial charge in [-0.15, -0.1) is 0 Å². The van der Waals surface area contributed by atoms with E-state index in [1.807, 2.05) is 0 Å². The predicted octanol–water partition coefficient (Wildman–Crippen LogP) is 6.02. The van der Waals surface area contributed by atoms with E-state index in [9.17, 15) is 29.4 Å². The summed E-state index contributed by atoms with van der Waals surface area (Å²) in [4.78, 5) is 36.4. The largest absolute Gasteiger partial charge is 0.456 e. The molecule has 0 unspecified atom stereocenters. The first-order valence-corrected chi connectivity index (χ1v) is 11.6. The summed E-state index contributed by atoms with van der Waals surface area (Å²) in [6, 6.07) is 10.2. The summed E-state index contributed by atoms with van der Waals surface area (Å²) in [5.41, 5.74) is 9.96. The number of ether oxygens (including phenoxy) is 1. The van der Waals surface area contributed by atoms with Crippen LogP contribution in [0.15, 0.2) is 65.7 Å². The summed E-state index contributed by atoms with van der Waals surface area (Å²) in [5, 5.41) is 19.9. The van der Waals surface area contributed by atoms with Gasteiger partial charge in [0.15, 0.2) is 5.43 Å². The van der Waals surface area contributed by atoms with Crippen LogP contribution in [0, 0.1) is 57.2 Å². The number of hydrogen-bond donors (Lipinski definition) is 3. The first-order chi connectivity index (χ1) is 19.3. The van der Waals surface area contributed by atoms with E-state index in [1.165, 1.54) is 42.7 Å². The number of nitro groups is 2. The van der Waals surface area contributed by atoms with Gasteiger partial charge in [-0.1, -0.05) is 46.4 Å². The third kappa shape index (κ3) is 11.4. The number of H-pyrrole nitrogens is 1. The molecule has 4 aromatic rings. The summed E-state index contributed by atoms with van der Waals surface area (Å²) in [7, 11) is 3.75. The van der Waals surface area contributed by atoms with Crippen LogP contribution in [0.3, 0.4) is 0 Å². The maximum Gasteiger partial charge on any atom is 0.289 e. The number of halogens is 5. The van der Waals surface area contributed by atoms with Crippen molar-refractivity contribution in [1.29, 1.82) is 1.34 Å². The monoisotopic (exact) mass is 869 g/mol. The molecule has 0 aliphatic heterocycles. The van der Waals surface area contributed by atoms with Gasteiger partial charge in [-0.3, -0.25) is 25.0 Å². The maximum atomic E-state index is 12.6. The predicted molar refractivity (Wildman–Crippen MR) is 154 cm³/mol. The molecule has 0 aliphatic rings. The van der Waals surface area contributed by atoms with E-state index >= 15 is 0 Å². The van der Waals surface area contributed by atoms with Crippen LogP contribution in [0.5, 0.6) is 11.5 Å². The molecule has 0 atom stereocenters. The van der Waals surface area contributed by atoms with E-state index in [-0.39, 0.29) is 68.9 Å². The number of rotatable bonds is 4. The molecule has 212 valence electrons. The quantitative estimate of drug-likeness (QED) is 0.0952.